The highest BCUT2D eigenvalue weighted by atomic mass is 16.3. The molecule has 1 heterocycles. The van der Waals surface area contributed by atoms with Crippen molar-refractivity contribution in [3.8, 4) is 5.75 Å². The van der Waals surface area contributed by atoms with Crippen LogP contribution in [0.25, 0.3) is 0 Å². The Morgan fingerprint density at radius 2 is 1.83 bits per heavy atom. The zero-order valence-corrected chi connectivity index (χ0v) is 12.6. The molecule has 5 nitrogen and oxygen atoms in total. The van der Waals surface area contributed by atoms with Crippen LogP contribution in [0.15, 0.2) is 54.6 Å². The van der Waals surface area contributed by atoms with Gasteiger partial charge in [0.2, 0.25) is 11.8 Å². The van der Waals surface area contributed by atoms with Crippen molar-refractivity contribution in [2.75, 3.05) is 11.4 Å². The molecule has 2 amide bonds. The second kappa shape index (κ2) is 6.52. The van der Waals surface area contributed by atoms with Crippen LogP contribution >= 0.6 is 0 Å². The predicted octanol–water partition coefficient (Wildman–Crippen LogP) is 2.06. The third-order valence-electron chi connectivity index (χ3n) is 3.97. The van der Waals surface area contributed by atoms with Gasteiger partial charge in [-0.25, -0.2) is 0 Å². The van der Waals surface area contributed by atoms with Gasteiger partial charge in [-0.3, -0.25) is 9.59 Å². The molecule has 0 saturated carbocycles. The third kappa shape index (κ3) is 3.51. The quantitative estimate of drug-likeness (QED) is 0.908. The number of aromatic hydroxyl groups is 1. The van der Waals surface area contributed by atoms with Gasteiger partial charge in [0.05, 0.1) is 5.92 Å². The van der Waals surface area contributed by atoms with Gasteiger partial charge in [-0.05, 0) is 29.8 Å². The molecule has 2 N–H and O–H groups in total. The molecule has 0 spiro atoms. The van der Waals surface area contributed by atoms with E-state index in [-0.39, 0.29) is 29.9 Å². The van der Waals surface area contributed by atoms with Crippen molar-refractivity contribution in [2.24, 2.45) is 5.92 Å². The first kappa shape index (κ1) is 15.1. The van der Waals surface area contributed by atoms with E-state index in [2.05, 4.69) is 5.32 Å². The third-order valence-corrected chi connectivity index (χ3v) is 3.97. The molecule has 5 heteroatoms. The zero-order chi connectivity index (χ0) is 16.2. The number of hydrogen-bond donors (Lipinski definition) is 2. The molecule has 23 heavy (non-hydrogen) atoms. The number of phenols is 1. The highest BCUT2D eigenvalue weighted by molar-refractivity contribution is 6.00. The number of benzene rings is 2. The van der Waals surface area contributed by atoms with Crippen molar-refractivity contribution in [2.45, 2.75) is 13.0 Å². The van der Waals surface area contributed by atoms with Gasteiger partial charge in [0.25, 0.3) is 0 Å². The molecular formula is C18H18N2O3. The van der Waals surface area contributed by atoms with Gasteiger partial charge < -0.3 is 15.3 Å². The summed E-state index contributed by atoms with van der Waals surface area (Å²) < 4.78 is 0. The Morgan fingerprint density at radius 1 is 1.13 bits per heavy atom. The van der Waals surface area contributed by atoms with Gasteiger partial charge >= 0.3 is 0 Å². The average Bonchev–Trinajstić information content (AvgIpc) is 2.96. The maximum Gasteiger partial charge on any atom is 0.227 e. The second-order valence-corrected chi connectivity index (χ2v) is 5.63. The molecule has 3 rings (SSSR count). The number of nitrogens with one attached hydrogen (secondary N) is 1. The van der Waals surface area contributed by atoms with Crippen LogP contribution in [0.4, 0.5) is 5.69 Å². The van der Waals surface area contributed by atoms with E-state index in [1.54, 1.807) is 17.0 Å². The first-order valence-corrected chi connectivity index (χ1v) is 7.54. The normalized spacial score (nSPS) is 17.3. The molecule has 0 aromatic heterocycles. The van der Waals surface area contributed by atoms with Crippen molar-refractivity contribution in [3.63, 3.8) is 0 Å². The second-order valence-electron chi connectivity index (χ2n) is 5.63. The summed E-state index contributed by atoms with van der Waals surface area (Å²) in [5.74, 6) is -0.378. The van der Waals surface area contributed by atoms with Crippen LogP contribution in [-0.4, -0.2) is 23.5 Å². The van der Waals surface area contributed by atoms with E-state index < -0.39 is 0 Å². The van der Waals surface area contributed by atoms with Gasteiger partial charge in [-0.1, -0.05) is 30.3 Å². The summed E-state index contributed by atoms with van der Waals surface area (Å²) in [5, 5.41) is 12.2. The Bertz CT molecular complexity index is 698. The zero-order valence-electron chi connectivity index (χ0n) is 12.6. The molecule has 0 bridgehead atoms. The Morgan fingerprint density at radius 3 is 2.52 bits per heavy atom. The summed E-state index contributed by atoms with van der Waals surface area (Å²) in [7, 11) is 0. The molecule has 1 aliphatic heterocycles. The van der Waals surface area contributed by atoms with Gasteiger partial charge in [-0.2, -0.15) is 0 Å². The predicted molar refractivity (Wildman–Crippen MR) is 86.9 cm³/mol. The van der Waals surface area contributed by atoms with E-state index in [4.69, 9.17) is 0 Å². The number of hydrogen-bond acceptors (Lipinski definition) is 3. The summed E-state index contributed by atoms with van der Waals surface area (Å²) in [5.41, 5.74) is 1.73. The Labute approximate surface area is 134 Å². The molecule has 118 valence electrons. The van der Waals surface area contributed by atoms with Crippen molar-refractivity contribution in [1.29, 1.82) is 0 Å². The maximum atomic E-state index is 12.3. The van der Waals surface area contributed by atoms with Crippen LogP contribution in [-0.2, 0) is 16.1 Å². The molecule has 0 aliphatic carbocycles. The minimum atomic E-state index is -0.347. The van der Waals surface area contributed by atoms with Crippen molar-refractivity contribution in [3.05, 3.63) is 60.2 Å². The molecule has 1 atom stereocenters. The summed E-state index contributed by atoms with van der Waals surface area (Å²) in [6.45, 7) is 0.827. The van der Waals surface area contributed by atoms with Crippen LogP contribution in [0, 0.1) is 5.92 Å². The average molecular weight is 310 g/mol. The van der Waals surface area contributed by atoms with Crippen LogP contribution in [0.2, 0.25) is 0 Å². The maximum absolute atomic E-state index is 12.3. The number of phenolic OH excluding ortho intramolecular Hbond substituents is 1. The fraction of sp³-hybridized carbons (Fsp3) is 0.222. The molecule has 1 unspecified atom stereocenters. The van der Waals surface area contributed by atoms with E-state index in [9.17, 15) is 14.7 Å². The standard InChI is InChI=1S/C18H18N2O3/c21-16-8-6-15(7-9-16)20-12-14(10-17(20)22)18(23)19-11-13-4-2-1-3-5-13/h1-9,14,21H,10-12H2,(H,19,23). The lowest BCUT2D eigenvalue weighted by Crippen LogP contribution is -2.32. The van der Waals surface area contributed by atoms with Crippen molar-refractivity contribution >= 4 is 17.5 Å². The SMILES string of the molecule is O=C(NCc1ccccc1)C1CC(=O)N(c2ccc(O)cc2)C1. The number of anilines is 1. The van der Waals surface area contributed by atoms with Gasteiger partial charge in [0, 0.05) is 25.2 Å². The largest absolute Gasteiger partial charge is 0.508 e. The highest BCUT2D eigenvalue weighted by Crippen LogP contribution is 2.26. The first-order chi connectivity index (χ1) is 11.1. The summed E-state index contributed by atoms with van der Waals surface area (Å²) >= 11 is 0. The lowest BCUT2D eigenvalue weighted by atomic mass is 10.1. The number of rotatable bonds is 4. The molecule has 1 aliphatic rings. The number of carbonyl (C=O) groups is 2. The van der Waals surface area contributed by atoms with Crippen molar-refractivity contribution in [1.82, 2.24) is 5.32 Å². The topological polar surface area (TPSA) is 69.6 Å². The van der Waals surface area contributed by atoms with Crippen LogP contribution < -0.4 is 10.2 Å². The van der Waals surface area contributed by atoms with E-state index in [1.807, 2.05) is 30.3 Å². The van der Waals surface area contributed by atoms with Crippen molar-refractivity contribution < 1.29 is 14.7 Å². The monoisotopic (exact) mass is 310 g/mol. The number of amides is 2. The molecule has 1 fully saturated rings. The molecular weight excluding hydrogens is 292 g/mol. The first-order valence-electron chi connectivity index (χ1n) is 7.54. The Hall–Kier alpha value is -2.82. The smallest absolute Gasteiger partial charge is 0.227 e. The lowest BCUT2D eigenvalue weighted by molar-refractivity contribution is -0.126. The molecule has 1 saturated heterocycles. The molecule has 0 radical (unpaired) electrons. The van der Waals surface area contributed by atoms with Gasteiger partial charge in [-0.15, -0.1) is 0 Å². The van der Waals surface area contributed by atoms with Crippen LogP contribution in [0.1, 0.15) is 12.0 Å². The summed E-state index contributed by atoms with van der Waals surface area (Å²) in [6, 6.07) is 16.1. The van der Waals surface area contributed by atoms with Gasteiger partial charge in [0.15, 0.2) is 0 Å². The molecule has 2 aromatic rings. The van der Waals surface area contributed by atoms with E-state index in [1.165, 1.54) is 12.1 Å². The van der Waals surface area contributed by atoms with E-state index in [0.717, 1.165) is 5.56 Å². The Kier molecular flexibility index (Phi) is 4.28. The number of nitrogens with zero attached hydrogens (tertiary/aromatic N) is 1. The van der Waals surface area contributed by atoms with Crippen LogP contribution in [0.3, 0.4) is 0 Å². The fourth-order valence-electron chi connectivity index (χ4n) is 2.69. The lowest BCUT2D eigenvalue weighted by Gasteiger charge is -2.16. The van der Waals surface area contributed by atoms with E-state index >= 15 is 0 Å². The minimum Gasteiger partial charge on any atom is -0.508 e. The van der Waals surface area contributed by atoms with Gasteiger partial charge in [0.1, 0.15) is 5.75 Å². The van der Waals surface area contributed by atoms with E-state index in [0.29, 0.717) is 18.8 Å². The number of carbonyl (C=O) groups excluding carboxylic acids is 2. The Balaban J connectivity index is 1.60. The minimum absolute atomic E-state index is 0.0736. The summed E-state index contributed by atoms with van der Waals surface area (Å²) in [6.07, 6.45) is 0.210. The molecule has 2 aromatic carbocycles. The fourth-order valence-corrected chi connectivity index (χ4v) is 2.69. The van der Waals surface area contributed by atoms with Crippen LogP contribution in [0.5, 0.6) is 5.75 Å². The highest BCUT2D eigenvalue weighted by Gasteiger charge is 2.34. The summed E-state index contributed by atoms with van der Waals surface area (Å²) in [4.78, 5) is 26.0.